The first-order valence-electron chi connectivity index (χ1n) is 5.85. The quantitative estimate of drug-likeness (QED) is 0.719. The van der Waals surface area contributed by atoms with Crippen LogP contribution in [0.25, 0.3) is 0 Å². The Morgan fingerprint density at radius 1 is 1.33 bits per heavy atom. The largest absolute Gasteiger partial charge is 0.507 e. The number of aliphatic carboxylic acids is 1. The molecule has 0 bridgehead atoms. The Balaban J connectivity index is 2.72. The van der Waals surface area contributed by atoms with Crippen LogP contribution in [0.15, 0.2) is 24.3 Å². The van der Waals surface area contributed by atoms with E-state index in [4.69, 9.17) is 5.11 Å². The molecule has 1 aromatic carbocycles. The predicted octanol–water partition coefficient (Wildman–Crippen LogP) is 1.77. The van der Waals surface area contributed by atoms with Gasteiger partial charge in [-0.3, -0.25) is 9.59 Å². The molecule has 0 aliphatic heterocycles. The minimum absolute atomic E-state index is 0.111. The first kappa shape index (κ1) is 14.0. The Labute approximate surface area is 105 Å². The van der Waals surface area contributed by atoms with Gasteiger partial charge in [-0.2, -0.15) is 0 Å². The van der Waals surface area contributed by atoms with E-state index in [-0.39, 0.29) is 17.7 Å². The van der Waals surface area contributed by atoms with Crippen LogP contribution in [0, 0.1) is 0 Å². The van der Waals surface area contributed by atoms with Crippen LogP contribution in [0.2, 0.25) is 0 Å². The van der Waals surface area contributed by atoms with Crippen LogP contribution in [-0.4, -0.2) is 28.1 Å². The fourth-order valence-corrected chi connectivity index (χ4v) is 1.71. The van der Waals surface area contributed by atoms with Crippen molar-refractivity contribution in [3.8, 4) is 5.75 Å². The number of carboxylic acids is 1. The van der Waals surface area contributed by atoms with Crippen LogP contribution < -0.4 is 5.32 Å². The van der Waals surface area contributed by atoms with Crippen molar-refractivity contribution < 1.29 is 19.8 Å². The summed E-state index contributed by atoms with van der Waals surface area (Å²) in [4.78, 5) is 22.5. The average Bonchev–Trinajstić information content (AvgIpc) is 2.28. The molecule has 1 amide bonds. The van der Waals surface area contributed by atoms with Crippen molar-refractivity contribution in [2.24, 2.45) is 0 Å². The van der Waals surface area contributed by atoms with E-state index in [9.17, 15) is 14.7 Å². The van der Waals surface area contributed by atoms with Crippen molar-refractivity contribution in [2.75, 3.05) is 0 Å². The normalized spacial score (nSPS) is 11.8. The van der Waals surface area contributed by atoms with Crippen molar-refractivity contribution in [2.45, 2.75) is 32.2 Å². The second kappa shape index (κ2) is 6.64. The number of para-hydroxylation sites is 1. The highest BCUT2D eigenvalue weighted by Gasteiger charge is 2.17. The summed E-state index contributed by atoms with van der Waals surface area (Å²) in [5.41, 5.74) is 0.156. The Morgan fingerprint density at radius 2 is 2.00 bits per heavy atom. The second-order valence-corrected chi connectivity index (χ2v) is 4.07. The summed E-state index contributed by atoms with van der Waals surface area (Å²) in [6.45, 7) is 1.92. The van der Waals surface area contributed by atoms with Gasteiger partial charge < -0.3 is 15.5 Å². The molecule has 0 fully saturated rings. The molecule has 1 unspecified atom stereocenters. The van der Waals surface area contributed by atoms with Crippen LogP contribution in [0.1, 0.15) is 36.5 Å². The van der Waals surface area contributed by atoms with Gasteiger partial charge in [-0.25, -0.2) is 0 Å². The molecular formula is C13H17NO4. The van der Waals surface area contributed by atoms with Gasteiger partial charge in [0.05, 0.1) is 12.0 Å². The van der Waals surface area contributed by atoms with E-state index in [1.165, 1.54) is 12.1 Å². The highest BCUT2D eigenvalue weighted by Crippen LogP contribution is 2.16. The summed E-state index contributed by atoms with van der Waals surface area (Å²) in [5, 5.41) is 20.9. The summed E-state index contributed by atoms with van der Waals surface area (Å²) >= 11 is 0. The molecule has 5 nitrogen and oxygen atoms in total. The van der Waals surface area contributed by atoms with E-state index >= 15 is 0 Å². The molecule has 5 heteroatoms. The summed E-state index contributed by atoms with van der Waals surface area (Å²) in [6, 6.07) is 5.75. The lowest BCUT2D eigenvalue weighted by atomic mass is 10.1. The fraction of sp³-hybridized carbons (Fsp3) is 0.385. The van der Waals surface area contributed by atoms with Gasteiger partial charge in [0.1, 0.15) is 5.75 Å². The number of hydrogen-bond donors (Lipinski definition) is 3. The molecule has 1 rings (SSSR count). The van der Waals surface area contributed by atoms with E-state index in [0.717, 1.165) is 6.42 Å². The highest BCUT2D eigenvalue weighted by atomic mass is 16.4. The zero-order valence-corrected chi connectivity index (χ0v) is 10.2. The molecular weight excluding hydrogens is 234 g/mol. The second-order valence-electron chi connectivity index (χ2n) is 4.07. The molecule has 1 aromatic rings. The van der Waals surface area contributed by atoms with Crippen molar-refractivity contribution >= 4 is 11.9 Å². The number of benzene rings is 1. The Hall–Kier alpha value is -2.04. The van der Waals surface area contributed by atoms with Gasteiger partial charge in [0, 0.05) is 6.04 Å². The van der Waals surface area contributed by atoms with Gasteiger partial charge in [-0.05, 0) is 18.6 Å². The minimum atomic E-state index is -0.953. The van der Waals surface area contributed by atoms with Gasteiger partial charge in [0.15, 0.2) is 0 Å². The smallest absolute Gasteiger partial charge is 0.305 e. The maximum Gasteiger partial charge on any atom is 0.305 e. The van der Waals surface area contributed by atoms with E-state index in [0.29, 0.717) is 6.42 Å². The van der Waals surface area contributed by atoms with E-state index in [2.05, 4.69) is 5.32 Å². The molecule has 98 valence electrons. The zero-order valence-electron chi connectivity index (χ0n) is 10.2. The lowest BCUT2D eigenvalue weighted by Gasteiger charge is -2.16. The van der Waals surface area contributed by atoms with Gasteiger partial charge in [-0.15, -0.1) is 0 Å². The summed E-state index contributed by atoms with van der Waals surface area (Å²) in [5.74, 6) is -1.51. The number of hydrogen-bond acceptors (Lipinski definition) is 3. The molecule has 3 N–H and O–H groups in total. The van der Waals surface area contributed by atoms with E-state index in [1.807, 2.05) is 6.92 Å². The van der Waals surface area contributed by atoms with Crippen molar-refractivity contribution in [3.63, 3.8) is 0 Å². The average molecular weight is 251 g/mol. The number of nitrogens with one attached hydrogen (secondary N) is 1. The molecule has 0 aliphatic carbocycles. The lowest BCUT2D eigenvalue weighted by molar-refractivity contribution is -0.137. The zero-order chi connectivity index (χ0) is 13.5. The molecule has 1 atom stereocenters. The monoisotopic (exact) mass is 251 g/mol. The number of rotatable bonds is 6. The summed E-state index contributed by atoms with van der Waals surface area (Å²) in [6.07, 6.45) is 1.25. The molecule has 0 aliphatic rings. The van der Waals surface area contributed by atoms with E-state index < -0.39 is 17.9 Å². The van der Waals surface area contributed by atoms with Gasteiger partial charge >= 0.3 is 5.97 Å². The third kappa shape index (κ3) is 4.08. The number of carbonyl (C=O) groups is 2. The van der Waals surface area contributed by atoms with Crippen LogP contribution in [0.5, 0.6) is 5.75 Å². The summed E-state index contributed by atoms with van der Waals surface area (Å²) < 4.78 is 0. The van der Waals surface area contributed by atoms with Crippen molar-refractivity contribution in [3.05, 3.63) is 29.8 Å². The molecule has 0 aromatic heterocycles. The van der Waals surface area contributed by atoms with Crippen molar-refractivity contribution in [1.29, 1.82) is 0 Å². The number of aromatic hydroxyl groups is 1. The predicted molar refractivity (Wildman–Crippen MR) is 66.5 cm³/mol. The Bertz CT molecular complexity index is 431. The number of phenolic OH excluding ortho intramolecular Hbond substituents is 1. The number of carboxylic acid groups (broad SMARTS) is 1. The van der Waals surface area contributed by atoms with Crippen LogP contribution in [0.3, 0.4) is 0 Å². The maximum atomic E-state index is 11.9. The van der Waals surface area contributed by atoms with Gasteiger partial charge in [-0.1, -0.05) is 25.5 Å². The van der Waals surface area contributed by atoms with Gasteiger partial charge in [0.2, 0.25) is 0 Å². The Morgan fingerprint density at radius 3 is 2.56 bits per heavy atom. The van der Waals surface area contributed by atoms with Crippen molar-refractivity contribution in [1.82, 2.24) is 5.32 Å². The number of amides is 1. The van der Waals surface area contributed by atoms with Crippen LogP contribution in [-0.2, 0) is 4.79 Å². The minimum Gasteiger partial charge on any atom is -0.507 e. The molecule has 0 heterocycles. The van der Waals surface area contributed by atoms with Crippen LogP contribution in [0.4, 0.5) is 0 Å². The highest BCUT2D eigenvalue weighted by molar-refractivity contribution is 5.97. The summed E-state index contributed by atoms with van der Waals surface area (Å²) in [7, 11) is 0. The first-order chi connectivity index (χ1) is 8.54. The molecule has 0 spiro atoms. The topological polar surface area (TPSA) is 86.6 Å². The first-order valence-corrected chi connectivity index (χ1v) is 5.85. The van der Waals surface area contributed by atoms with Crippen LogP contribution >= 0.6 is 0 Å². The molecule has 0 saturated heterocycles. The number of phenols is 1. The third-order valence-electron chi connectivity index (χ3n) is 2.54. The molecule has 0 saturated carbocycles. The van der Waals surface area contributed by atoms with E-state index in [1.54, 1.807) is 12.1 Å². The molecule has 0 radical (unpaired) electrons. The Kier molecular flexibility index (Phi) is 5.17. The molecule has 18 heavy (non-hydrogen) atoms. The fourth-order valence-electron chi connectivity index (χ4n) is 1.71. The van der Waals surface area contributed by atoms with Gasteiger partial charge in [0.25, 0.3) is 5.91 Å². The third-order valence-corrected chi connectivity index (χ3v) is 2.54. The lowest BCUT2D eigenvalue weighted by Crippen LogP contribution is -2.36. The standard InChI is InChI=1S/C13H17NO4/c1-2-5-9(8-12(16)17)14-13(18)10-6-3-4-7-11(10)15/h3-4,6-7,9,15H,2,5,8H2,1H3,(H,14,18)(H,16,17). The SMILES string of the molecule is CCCC(CC(=O)O)NC(=O)c1ccccc1O. The maximum absolute atomic E-state index is 11.9. The number of carbonyl (C=O) groups excluding carboxylic acids is 1.